The Balaban J connectivity index is 1.49. The Morgan fingerprint density at radius 3 is 2.50 bits per heavy atom. The fourth-order valence-corrected chi connectivity index (χ4v) is 3.32. The first-order valence-electron chi connectivity index (χ1n) is 8.03. The zero-order valence-electron chi connectivity index (χ0n) is 13.0. The summed E-state index contributed by atoms with van der Waals surface area (Å²) >= 11 is 0. The predicted octanol–water partition coefficient (Wildman–Crippen LogP) is 1.04. The zero-order chi connectivity index (χ0) is 15.5. The van der Waals surface area contributed by atoms with Crippen LogP contribution in [0.3, 0.4) is 0 Å². The van der Waals surface area contributed by atoms with Crippen LogP contribution in [0.4, 0.5) is 0 Å². The third kappa shape index (κ3) is 3.48. The molecule has 5 heteroatoms. The molecular formula is C17H24N2O3. The Morgan fingerprint density at radius 1 is 1.23 bits per heavy atom. The molecule has 120 valence electrons. The molecule has 0 aromatic heterocycles. The topological polar surface area (TPSA) is 53.0 Å². The fourth-order valence-electron chi connectivity index (χ4n) is 3.32. The molecule has 2 aliphatic heterocycles. The molecule has 1 aromatic carbocycles. The van der Waals surface area contributed by atoms with E-state index in [1.807, 2.05) is 37.3 Å². The van der Waals surface area contributed by atoms with Gasteiger partial charge in [0.15, 0.2) is 0 Å². The van der Waals surface area contributed by atoms with Crippen LogP contribution in [-0.4, -0.2) is 65.7 Å². The number of β-amino-alcohol motifs (C(OH)–C–C–N with tert-alkyl or cyclic N) is 1. The minimum atomic E-state index is -0.454. The predicted molar refractivity (Wildman–Crippen MR) is 83.4 cm³/mol. The maximum absolute atomic E-state index is 11.8. The first kappa shape index (κ1) is 15.5. The molecule has 0 radical (unpaired) electrons. The number of hydrogen-bond donors (Lipinski definition) is 1. The van der Waals surface area contributed by atoms with Crippen molar-refractivity contribution in [3.05, 3.63) is 35.9 Å². The Morgan fingerprint density at radius 2 is 1.91 bits per heavy atom. The lowest BCUT2D eigenvalue weighted by Crippen LogP contribution is -2.52. The molecular weight excluding hydrogens is 280 g/mol. The molecule has 0 aliphatic carbocycles. The SMILES string of the molecule is C[C@@H]1C[C@@H](N2CCN(C[C@@H](O)c3ccccc3)CC2)C(=O)O1. The molecule has 0 unspecified atom stereocenters. The van der Waals surface area contributed by atoms with E-state index in [1.54, 1.807) is 0 Å². The monoisotopic (exact) mass is 304 g/mol. The number of ether oxygens (including phenoxy) is 1. The third-order valence-corrected chi connectivity index (χ3v) is 4.61. The molecule has 2 fully saturated rings. The maximum Gasteiger partial charge on any atom is 0.323 e. The number of piperazine rings is 1. The van der Waals surface area contributed by atoms with E-state index in [9.17, 15) is 9.90 Å². The number of esters is 1. The Bertz CT molecular complexity index is 500. The van der Waals surface area contributed by atoms with Crippen LogP contribution in [-0.2, 0) is 9.53 Å². The van der Waals surface area contributed by atoms with Gasteiger partial charge in [-0.25, -0.2) is 0 Å². The van der Waals surface area contributed by atoms with E-state index < -0.39 is 6.10 Å². The minimum Gasteiger partial charge on any atom is -0.461 e. The van der Waals surface area contributed by atoms with Gasteiger partial charge >= 0.3 is 5.97 Å². The van der Waals surface area contributed by atoms with Crippen molar-refractivity contribution in [2.45, 2.75) is 31.6 Å². The van der Waals surface area contributed by atoms with Gasteiger partial charge in [-0.05, 0) is 12.5 Å². The summed E-state index contributed by atoms with van der Waals surface area (Å²) in [6, 6.07) is 9.69. The standard InChI is InChI=1S/C17H24N2O3/c1-13-11-15(17(21)22-13)19-9-7-18(8-10-19)12-16(20)14-5-3-2-4-6-14/h2-6,13,15-16,20H,7-12H2,1H3/t13-,15-,16-/m1/s1. The average Bonchev–Trinajstić information content (AvgIpc) is 2.87. The van der Waals surface area contributed by atoms with E-state index in [1.165, 1.54) is 0 Å². The van der Waals surface area contributed by atoms with Gasteiger partial charge in [-0.3, -0.25) is 14.6 Å². The lowest BCUT2D eigenvalue weighted by molar-refractivity contribution is -0.145. The lowest BCUT2D eigenvalue weighted by Gasteiger charge is -2.37. The van der Waals surface area contributed by atoms with Crippen LogP contribution in [0.1, 0.15) is 25.0 Å². The van der Waals surface area contributed by atoms with Crippen LogP contribution in [0.5, 0.6) is 0 Å². The maximum atomic E-state index is 11.8. The van der Waals surface area contributed by atoms with Crippen molar-refractivity contribution in [3.63, 3.8) is 0 Å². The minimum absolute atomic E-state index is 0.0374. The van der Waals surface area contributed by atoms with Crippen LogP contribution in [0.25, 0.3) is 0 Å². The lowest BCUT2D eigenvalue weighted by atomic mass is 10.1. The van der Waals surface area contributed by atoms with Crippen LogP contribution < -0.4 is 0 Å². The molecule has 0 spiro atoms. The molecule has 5 nitrogen and oxygen atoms in total. The van der Waals surface area contributed by atoms with E-state index in [-0.39, 0.29) is 18.1 Å². The highest BCUT2D eigenvalue weighted by Crippen LogP contribution is 2.22. The number of benzene rings is 1. The molecule has 2 aliphatic rings. The summed E-state index contributed by atoms with van der Waals surface area (Å²) in [6.45, 7) is 6.06. The first-order chi connectivity index (χ1) is 10.6. The molecule has 3 atom stereocenters. The highest BCUT2D eigenvalue weighted by molar-refractivity contribution is 5.78. The quantitative estimate of drug-likeness (QED) is 0.843. The second kappa shape index (κ2) is 6.77. The van der Waals surface area contributed by atoms with Gasteiger partial charge < -0.3 is 9.84 Å². The summed E-state index contributed by atoms with van der Waals surface area (Å²) in [7, 11) is 0. The average molecular weight is 304 g/mol. The van der Waals surface area contributed by atoms with Gasteiger partial charge in [0, 0.05) is 39.1 Å². The molecule has 0 saturated carbocycles. The van der Waals surface area contributed by atoms with Gasteiger partial charge in [0.1, 0.15) is 12.1 Å². The Hall–Kier alpha value is -1.43. The van der Waals surface area contributed by atoms with Crippen molar-refractivity contribution in [2.24, 2.45) is 0 Å². The molecule has 0 bridgehead atoms. The highest BCUT2D eigenvalue weighted by atomic mass is 16.6. The number of rotatable bonds is 4. The number of cyclic esters (lactones) is 1. The highest BCUT2D eigenvalue weighted by Gasteiger charge is 2.37. The summed E-state index contributed by atoms with van der Waals surface area (Å²) < 4.78 is 5.24. The van der Waals surface area contributed by atoms with Gasteiger partial charge in [-0.15, -0.1) is 0 Å². The van der Waals surface area contributed by atoms with Crippen molar-refractivity contribution in [1.82, 2.24) is 9.80 Å². The van der Waals surface area contributed by atoms with Gasteiger partial charge in [0.2, 0.25) is 0 Å². The normalized spacial score (nSPS) is 28.5. The fraction of sp³-hybridized carbons (Fsp3) is 0.588. The smallest absolute Gasteiger partial charge is 0.323 e. The molecule has 3 rings (SSSR count). The van der Waals surface area contributed by atoms with Gasteiger partial charge in [-0.2, -0.15) is 0 Å². The van der Waals surface area contributed by atoms with Crippen LogP contribution in [0.15, 0.2) is 30.3 Å². The molecule has 22 heavy (non-hydrogen) atoms. The van der Waals surface area contributed by atoms with Crippen molar-refractivity contribution < 1.29 is 14.6 Å². The van der Waals surface area contributed by atoms with Crippen molar-refractivity contribution in [1.29, 1.82) is 0 Å². The number of hydrogen-bond acceptors (Lipinski definition) is 5. The molecule has 2 saturated heterocycles. The van der Waals surface area contributed by atoms with Crippen molar-refractivity contribution in [3.8, 4) is 0 Å². The first-order valence-corrected chi connectivity index (χ1v) is 8.03. The van der Waals surface area contributed by atoms with Crippen LogP contribution in [0, 0.1) is 0 Å². The molecule has 2 heterocycles. The third-order valence-electron chi connectivity index (χ3n) is 4.61. The van der Waals surface area contributed by atoms with E-state index in [0.29, 0.717) is 6.54 Å². The largest absolute Gasteiger partial charge is 0.461 e. The van der Waals surface area contributed by atoms with Crippen molar-refractivity contribution >= 4 is 5.97 Å². The van der Waals surface area contributed by atoms with Crippen molar-refractivity contribution in [2.75, 3.05) is 32.7 Å². The summed E-state index contributed by atoms with van der Waals surface area (Å²) in [5.41, 5.74) is 0.957. The van der Waals surface area contributed by atoms with Gasteiger partial charge in [-0.1, -0.05) is 30.3 Å². The molecule has 1 N–H and O–H groups in total. The molecule has 0 amide bonds. The van der Waals surface area contributed by atoms with E-state index >= 15 is 0 Å². The van der Waals surface area contributed by atoms with E-state index in [4.69, 9.17) is 4.74 Å². The summed E-state index contributed by atoms with van der Waals surface area (Å²) in [4.78, 5) is 16.3. The second-order valence-corrected chi connectivity index (χ2v) is 6.26. The van der Waals surface area contributed by atoms with Crippen LogP contribution >= 0.6 is 0 Å². The molecule has 1 aromatic rings. The van der Waals surface area contributed by atoms with Crippen LogP contribution in [0.2, 0.25) is 0 Å². The number of aliphatic hydroxyl groups is 1. The second-order valence-electron chi connectivity index (χ2n) is 6.26. The van der Waals surface area contributed by atoms with E-state index in [2.05, 4.69) is 9.80 Å². The summed E-state index contributed by atoms with van der Waals surface area (Å²) in [5, 5.41) is 10.3. The number of carbonyl (C=O) groups excluding carboxylic acids is 1. The number of nitrogens with zero attached hydrogens (tertiary/aromatic N) is 2. The Labute approximate surface area is 131 Å². The zero-order valence-corrected chi connectivity index (χ0v) is 13.0. The number of aliphatic hydroxyl groups excluding tert-OH is 1. The summed E-state index contributed by atoms with van der Waals surface area (Å²) in [5.74, 6) is -0.0785. The van der Waals surface area contributed by atoms with Gasteiger partial charge in [0.05, 0.1) is 6.10 Å². The van der Waals surface area contributed by atoms with Gasteiger partial charge in [0.25, 0.3) is 0 Å². The summed E-state index contributed by atoms with van der Waals surface area (Å²) in [6.07, 6.45) is 0.380. The number of carbonyl (C=O) groups is 1. The Kier molecular flexibility index (Phi) is 4.76. The van der Waals surface area contributed by atoms with E-state index in [0.717, 1.165) is 38.2 Å².